The molecule has 7 heteroatoms. The minimum absolute atomic E-state index is 0.0165. The van der Waals surface area contributed by atoms with E-state index in [4.69, 9.17) is 9.15 Å². The highest BCUT2D eigenvalue weighted by Crippen LogP contribution is 2.15. The summed E-state index contributed by atoms with van der Waals surface area (Å²) in [5.74, 6) is -1.41. The highest BCUT2D eigenvalue weighted by atomic mass is 79.9. The third-order valence-electron chi connectivity index (χ3n) is 3.05. The number of esters is 1. The van der Waals surface area contributed by atoms with Gasteiger partial charge in [0.05, 0.1) is 0 Å². The summed E-state index contributed by atoms with van der Waals surface area (Å²) in [6.45, 7) is 1.84. The normalized spacial score (nSPS) is 11.8. The molecule has 23 heavy (non-hydrogen) atoms. The number of ether oxygens (including phenoxy) is 1. The molecule has 0 bridgehead atoms. The SMILES string of the molecule is C[C@H](OC(=O)c1ccc(Br)o1)C(=O)NCCc1ccc(F)cc1. The van der Waals surface area contributed by atoms with E-state index in [0.717, 1.165) is 5.56 Å². The summed E-state index contributed by atoms with van der Waals surface area (Å²) in [6.07, 6.45) is -0.391. The van der Waals surface area contributed by atoms with Crippen LogP contribution in [0.4, 0.5) is 4.39 Å². The number of rotatable bonds is 6. The summed E-state index contributed by atoms with van der Waals surface area (Å²) in [6, 6.07) is 9.04. The van der Waals surface area contributed by atoms with Gasteiger partial charge in [0.15, 0.2) is 10.8 Å². The summed E-state index contributed by atoms with van der Waals surface area (Å²) in [5, 5.41) is 2.66. The summed E-state index contributed by atoms with van der Waals surface area (Å²) in [4.78, 5) is 23.6. The average molecular weight is 384 g/mol. The first kappa shape index (κ1) is 17.2. The van der Waals surface area contributed by atoms with Crippen molar-refractivity contribution in [3.63, 3.8) is 0 Å². The van der Waals surface area contributed by atoms with E-state index in [9.17, 15) is 14.0 Å². The number of carbonyl (C=O) groups is 2. The van der Waals surface area contributed by atoms with Crippen LogP contribution >= 0.6 is 15.9 Å². The van der Waals surface area contributed by atoms with Crippen LogP contribution < -0.4 is 5.32 Å². The van der Waals surface area contributed by atoms with Gasteiger partial charge in [-0.25, -0.2) is 9.18 Å². The predicted octanol–water partition coefficient (Wildman–Crippen LogP) is 3.09. The second-order valence-corrected chi connectivity index (χ2v) is 5.60. The number of furan rings is 1. The van der Waals surface area contributed by atoms with E-state index in [1.807, 2.05) is 0 Å². The lowest BCUT2D eigenvalue weighted by Crippen LogP contribution is -2.36. The van der Waals surface area contributed by atoms with Crippen molar-refractivity contribution in [2.24, 2.45) is 0 Å². The molecular formula is C16H15BrFNO4. The van der Waals surface area contributed by atoms with Gasteiger partial charge in [0.1, 0.15) is 5.82 Å². The highest BCUT2D eigenvalue weighted by Gasteiger charge is 2.20. The molecule has 1 atom stereocenters. The first-order chi connectivity index (χ1) is 11.0. The second-order valence-electron chi connectivity index (χ2n) is 4.82. The minimum Gasteiger partial charge on any atom is -0.447 e. The van der Waals surface area contributed by atoms with Crippen LogP contribution in [-0.4, -0.2) is 24.5 Å². The van der Waals surface area contributed by atoms with Gasteiger partial charge in [-0.05, 0) is 59.1 Å². The van der Waals surface area contributed by atoms with Crippen molar-refractivity contribution in [3.8, 4) is 0 Å². The van der Waals surface area contributed by atoms with Crippen LogP contribution in [0.2, 0.25) is 0 Å². The van der Waals surface area contributed by atoms with Crippen molar-refractivity contribution < 1.29 is 23.1 Å². The Morgan fingerprint density at radius 3 is 2.57 bits per heavy atom. The molecule has 1 aromatic carbocycles. The van der Waals surface area contributed by atoms with E-state index >= 15 is 0 Å². The molecule has 122 valence electrons. The number of hydrogen-bond acceptors (Lipinski definition) is 4. The fraction of sp³-hybridized carbons (Fsp3) is 0.250. The van der Waals surface area contributed by atoms with E-state index in [-0.39, 0.29) is 11.6 Å². The summed E-state index contributed by atoms with van der Waals surface area (Å²) < 4.78 is 23.2. The van der Waals surface area contributed by atoms with Crippen LogP contribution in [-0.2, 0) is 16.0 Å². The van der Waals surface area contributed by atoms with Crippen molar-refractivity contribution in [3.05, 3.63) is 58.2 Å². The van der Waals surface area contributed by atoms with Gasteiger partial charge in [-0.3, -0.25) is 4.79 Å². The van der Waals surface area contributed by atoms with Crippen molar-refractivity contribution >= 4 is 27.8 Å². The van der Waals surface area contributed by atoms with E-state index in [0.29, 0.717) is 17.6 Å². The number of carbonyl (C=O) groups excluding carboxylic acids is 2. The third-order valence-corrected chi connectivity index (χ3v) is 3.48. The number of hydrogen-bond donors (Lipinski definition) is 1. The van der Waals surface area contributed by atoms with E-state index in [1.54, 1.807) is 18.2 Å². The van der Waals surface area contributed by atoms with Gasteiger partial charge in [0, 0.05) is 6.54 Å². The lowest BCUT2D eigenvalue weighted by molar-refractivity contribution is -0.129. The highest BCUT2D eigenvalue weighted by molar-refractivity contribution is 9.10. The zero-order valence-electron chi connectivity index (χ0n) is 12.3. The summed E-state index contributed by atoms with van der Waals surface area (Å²) in [5.41, 5.74) is 0.900. The first-order valence-electron chi connectivity index (χ1n) is 6.94. The number of halogens is 2. The quantitative estimate of drug-likeness (QED) is 0.778. The van der Waals surface area contributed by atoms with E-state index in [2.05, 4.69) is 21.2 Å². The Morgan fingerprint density at radius 1 is 1.26 bits per heavy atom. The molecule has 0 unspecified atom stereocenters. The standard InChI is InChI=1S/C16H15BrFNO4/c1-10(22-16(21)13-6-7-14(17)23-13)15(20)19-9-8-11-2-4-12(18)5-3-11/h2-7,10H,8-9H2,1H3,(H,19,20)/t10-/m0/s1. The number of nitrogens with one attached hydrogen (secondary N) is 1. The Kier molecular flexibility index (Phi) is 5.92. The van der Waals surface area contributed by atoms with Crippen LogP contribution in [0.3, 0.4) is 0 Å². The fourth-order valence-electron chi connectivity index (χ4n) is 1.82. The molecule has 0 aliphatic heterocycles. The lowest BCUT2D eigenvalue weighted by Gasteiger charge is -2.12. The Morgan fingerprint density at radius 2 is 1.96 bits per heavy atom. The summed E-state index contributed by atoms with van der Waals surface area (Å²) >= 11 is 3.08. The van der Waals surface area contributed by atoms with Crippen molar-refractivity contribution in [2.45, 2.75) is 19.4 Å². The van der Waals surface area contributed by atoms with Crippen LogP contribution in [0.5, 0.6) is 0 Å². The molecule has 0 saturated carbocycles. The Bertz CT molecular complexity index is 684. The molecule has 0 aliphatic rings. The zero-order valence-corrected chi connectivity index (χ0v) is 13.9. The van der Waals surface area contributed by atoms with Gasteiger partial charge in [-0.2, -0.15) is 0 Å². The second kappa shape index (κ2) is 7.92. The predicted molar refractivity (Wildman–Crippen MR) is 84.4 cm³/mol. The Balaban J connectivity index is 1.76. The fourth-order valence-corrected chi connectivity index (χ4v) is 2.13. The van der Waals surface area contributed by atoms with Gasteiger partial charge >= 0.3 is 5.97 Å². The van der Waals surface area contributed by atoms with Crippen LogP contribution in [0, 0.1) is 5.82 Å². The number of benzene rings is 1. The molecule has 0 spiro atoms. The maximum atomic E-state index is 12.8. The molecule has 0 radical (unpaired) electrons. The number of amides is 1. The monoisotopic (exact) mass is 383 g/mol. The van der Waals surface area contributed by atoms with E-state index < -0.39 is 18.0 Å². The summed E-state index contributed by atoms with van der Waals surface area (Å²) in [7, 11) is 0. The molecule has 1 amide bonds. The molecule has 0 fully saturated rings. The van der Waals surface area contributed by atoms with E-state index in [1.165, 1.54) is 25.1 Å². The molecule has 1 aromatic heterocycles. The molecule has 0 aliphatic carbocycles. The molecule has 1 N–H and O–H groups in total. The Labute approximate surface area is 140 Å². The van der Waals surface area contributed by atoms with Crippen LogP contribution in [0.1, 0.15) is 23.0 Å². The van der Waals surface area contributed by atoms with Crippen molar-refractivity contribution in [1.29, 1.82) is 0 Å². The smallest absolute Gasteiger partial charge is 0.375 e. The van der Waals surface area contributed by atoms with Gasteiger partial charge in [-0.15, -0.1) is 0 Å². The van der Waals surface area contributed by atoms with Crippen molar-refractivity contribution in [2.75, 3.05) is 6.54 Å². The van der Waals surface area contributed by atoms with Gasteiger partial charge in [0.25, 0.3) is 5.91 Å². The average Bonchev–Trinajstić information content (AvgIpc) is 2.95. The maximum Gasteiger partial charge on any atom is 0.375 e. The van der Waals surface area contributed by atoms with Crippen LogP contribution in [0.25, 0.3) is 0 Å². The molecular weight excluding hydrogens is 369 g/mol. The molecule has 1 heterocycles. The largest absolute Gasteiger partial charge is 0.447 e. The first-order valence-corrected chi connectivity index (χ1v) is 7.73. The molecule has 2 rings (SSSR count). The Hall–Kier alpha value is -2.15. The lowest BCUT2D eigenvalue weighted by atomic mass is 10.1. The zero-order chi connectivity index (χ0) is 16.8. The molecule has 5 nitrogen and oxygen atoms in total. The third kappa shape index (κ3) is 5.21. The topological polar surface area (TPSA) is 68.5 Å². The van der Waals surface area contributed by atoms with Crippen LogP contribution in [0.15, 0.2) is 45.5 Å². The van der Waals surface area contributed by atoms with Gasteiger partial charge in [-0.1, -0.05) is 12.1 Å². The molecule has 0 saturated heterocycles. The van der Waals surface area contributed by atoms with Crippen molar-refractivity contribution in [1.82, 2.24) is 5.32 Å². The van der Waals surface area contributed by atoms with Gasteiger partial charge in [0.2, 0.25) is 5.76 Å². The molecule has 2 aromatic rings. The minimum atomic E-state index is -0.945. The maximum absolute atomic E-state index is 12.8. The van der Waals surface area contributed by atoms with Gasteiger partial charge < -0.3 is 14.5 Å².